The van der Waals surface area contributed by atoms with Crippen LogP contribution in [0.4, 0.5) is 15.8 Å². The molecule has 19 heavy (non-hydrogen) atoms. The molecule has 5 nitrogen and oxygen atoms in total. The highest BCUT2D eigenvalue weighted by atomic mass is 19.1. The Bertz CT molecular complexity index is 511. The second-order valence-corrected chi connectivity index (χ2v) is 4.76. The van der Waals surface area contributed by atoms with Gasteiger partial charge in [-0.3, -0.25) is 14.9 Å². The highest BCUT2D eigenvalue weighted by Gasteiger charge is 2.26. The first kappa shape index (κ1) is 13.5. The van der Waals surface area contributed by atoms with Crippen LogP contribution < -0.4 is 4.90 Å². The molecule has 0 saturated carbocycles. The van der Waals surface area contributed by atoms with Crippen molar-refractivity contribution in [2.45, 2.75) is 19.8 Å². The van der Waals surface area contributed by atoms with Crippen LogP contribution in [0, 0.1) is 21.8 Å². The Labute approximate surface area is 110 Å². The second-order valence-electron chi connectivity index (χ2n) is 4.76. The zero-order chi connectivity index (χ0) is 14.0. The maximum atomic E-state index is 13.1. The van der Waals surface area contributed by atoms with Gasteiger partial charge in [-0.25, -0.2) is 4.39 Å². The summed E-state index contributed by atoms with van der Waals surface area (Å²) in [5.41, 5.74) is 0.203. The molecule has 1 aliphatic rings. The monoisotopic (exact) mass is 266 g/mol. The third-order valence-electron chi connectivity index (χ3n) is 3.54. The number of halogens is 1. The van der Waals surface area contributed by atoms with Gasteiger partial charge in [-0.2, -0.15) is 0 Å². The molecule has 0 unspecified atom stereocenters. The number of carbonyl (C=O) groups excluding carboxylic acids is 1. The molecule has 0 N–H and O–H groups in total. The lowest BCUT2D eigenvalue weighted by atomic mass is 9.93. The molecule has 0 aliphatic carbocycles. The normalized spacial score (nSPS) is 16.4. The molecule has 0 spiro atoms. The predicted octanol–water partition coefficient (Wildman–Crippen LogP) is 2.54. The Morgan fingerprint density at radius 1 is 1.42 bits per heavy atom. The molecule has 102 valence electrons. The maximum Gasteiger partial charge on any atom is 0.295 e. The van der Waals surface area contributed by atoms with Gasteiger partial charge in [0.2, 0.25) is 0 Å². The molecule has 1 saturated heterocycles. The summed E-state index contributed by atoms with van der Waals surface area (Å²) in [7, 11) is 0. The van der Waals surface area contributed by atoms with Crippen molar-refractivity contribution in [1.82, 2.24) is 0 Å². The van der Waals surface area contributed by atoms with Crippen molar-refractivity contribution < 1.29 is 14.1 Å². The third kappa shape index (κ3) is 2.89. The standard InChI is InChI=1S/C13H15FN2O3/c1-9(17)10-4-6-15(7-5-10)12-3-2-11(14)8-13(12)16(18)19/h2-3,8,10H,4-7H2,1H3. The van der Waals surface area contributed by atoms with Crippen LogP contribution in [-0.2, 0) is 4.79 Å². The number of hydrogen-bond acceptors (Lipinski definition) is 4. The lowest BCUT2D eigenvalue weighted by Gasteiger charge is -2.32. The van der Waals surface area contributed by atoms with Crippen LogP contribution >= 0.6 is 0 Å². The topological polar surface area (TPSA) is 63.5 Å². The molecular weight excluding hydrogens is 251 g/mol. The average Bonchev–Trinajstić information content (AvgIpc) is 2.38. The van der Waals surface area contributed by atoms with E-state index in [2.05, 4.69) is 0 Å². The minimum absolute atomic E-state index is 0.0377. The molecule has 1 heterocycles. The quantitative estimate of drug-likeness (QED) is 0.623. The van der Waals surface area contributed by atoms with Crippen molar-refractivity contribution in [1.29, 1.82) is 0 Å². The van der Waals surface area contributed by atoms with Gasteiger partial charge in [-0.05, 0) is 31.9 Å². The summed E-state index contributed by atoms with van der Waals surface area (Å²) in [5.74, 6) is -0.418. The fourth-order valence-corrected chi connectivity index (χ4v) is 2.44. The summed E-state index contributed by atoms with van der Waals surface area (Å²) in [6, 6.07) is 3.59. The summed E-state index contributed by atoms with van der Waals surface area (Å²) in [4.78, 5) is 23.5. The van der Waals surface area contributed by atoms with Gasteiger partial charge in [-0.15, -0.1) is 0 Å². The van der Waals surface area contributed by atoms with Crippen LogP contribution in [0.3, 0.4) is 0 Å². The van der Waals surface area contributed by atoms with Gasteiger partial charge in [0.15, 0.2) is 0 Å². The first-order chi connectivity index (χ1) is 8.99. The van der Waals surface area contributed by atoms with Gasteiger partial charge in [-0.1, -0.05) is 0 Å². The van der Waals surface area contributed by atoms with Gasteiger partial charge >= 0.3 is 0 Å². The van der Waals surface area contributed by atoms with Crippen LogP contribution in [-0.4, -0.2) is 23.8 Å². The van der Waals surface area contributed by atoms with Crippen LogP contribution in [0.1, 0.15) is 19.8 Å². The van der Waals surface area contributed by atoms with Gasteiger partial charge in [0, 0.05) is 19.0 Å². The number of piperidine rings is 1. The van der Waals surface area contributed by atoms with Gasteiger partial charge < -0.3 is 4.90 Å². The van der Waals surface area contributed by atoms with Crippen LogP contribution in [0.5, 0.6) is 0 Å². The van der Waals surface area contributed by atoms with E-state index in [1.165, 1.54) is 12.1 Å². The van der Waals surface area contributed by atoms with Crippen molar-refractivity contribution in [3.8, 4) is 0 Å². The highest BCUT2D eigenvalue weighted by molar-refractivity contribution is 5.78. The van der Waals surface area contributed by atoms with Crippen LogP contribution in [0.25, 0.3) is 0 Å². The molecule has 0 amide bonds. The van der Waals surface area contributed by atoms with E-state index in [0.29, 0.717) is 31.6 Å². The fourth-order valence-electron chi connectivity index (χ4n) is 2.44. The molecular formula is C13H15FN2O3. The molecule has 1 aromatic carbocycles. The Hall–Kier alpha value is -1.98. The summed E-state index contributed by atoms with van der Waals surface area (Å²) in [5, 5.41) is 10.9. The number of rotatable bonds is 3. The van der Waals surface area contributed by atoms with E-state index in [1.807, 2.05) is 4.90 Å². The fraction of sp³-hybridized carbons (Fsp3) is 0.462. The molecule has 0 aromatic heterocycles. The number of nitro benzene ring substituents is 1. The van der Waals surface area contributed by atoms with Crippen molar-refractivity contribution in [2.24, 2.45) is 5.92 Å². The van der Waals surface area contributed by atoms with Crippen LogP contribution in [0.2, 0.25) is 0 Å². The maximum absolute atomic E-state index is 13.1. The van der Waals surface area contributed by atoms with Crippen LogP contribution in [0.15, 0.2) is 18.2 Å². The number of anilines is 1. The van der Waals surface area contributed by atoms with E-state index < -0.39 is 10.7 Å². The van der Waals surface area contributed by atoms with Crippen molar-refractivity contribution in [3.63, 3.8) is 0 Å². The Kier molecular flexibility index (Phi) is 3.78. The van der Waals surface area contributed by atoms with Gasteiger partial charge in [0.1, 0.15) is 17.3 Å². The summed E-state index contributed by atoms with van der Waals surface area (Å²) >= 11 is 0. The Morgan fingerprint density at radius 3 is 2.58 bits per heavy atom. The summed E-state index contributed by atoms with van der Waals surface area (Å²) in [6.45, 7) is 2.73. The van der Waals surface area contributed by atoms with E-state index >= 15 is 0 Å². The predicted molar refractivity (Wildman–Crippen MR) is 68.7 cm³/mol. The van der Waals surface area contributed by atoms with E-state index in [0.717, 1.165) is 6.07 Å². The molecule has 6 heteroatoms. The lowest BCUT2D eigenvalue weighted by Crippen LogP contribution is -2.36. The average molecular weight is 266 g/mol. The number of nitro groups is 1. The van der Waals surface area contributed by atoms with Crippen molar-refractivity contribution in [2.75, 3.05) is 18.0 Å². The van der Waals surface area contributed by atoms with E-state index in [1.54, 1.807) is 6.92 Å². The number of carbonyl (C=O) groups is 1. The number of nitrogens with zero attached hydrogens (tertiary/aromatic N) is 2. The number of benzene rings is 1. The smallest absolute Gasteiger partial charge is 0.295 e. The van der Waals surface area contributed by atoms with Gasteiger partial charge in [0.25, 0.3) is 5.69 Å². The van der Waals surface area contributed by atoms with Gasteiger partial charge in [0.05, 0.1) is 11.0 Å². The number of hydrogen-bond donors (Lipinski definition) is 0. The Balaban J connectivity index is 2.20. The highest BCUT2D eigenvalue weighted by Crippen LogP contribution is 2.32. The molecule has 1 aliphatic heterocycles. The number of ketones is 1. The molecule has 0 radical (unpaired) electrons. The zero-order valence-electron chi connectivity index (χ0n) is 10.6. The number of Topliss-reactive ketones (excluding diaryl/α,β-unsaturated/α-hetero) is 1. The minimum atomic E-state index is -0.617. The summed E-state index contributed by atoms with van der Waals surface area (Å²) < 4.78 is 13.1. The lowest BCUT2D eigenvalue weighted by molar-refractivity contribution is -0.384. The first-order valence-electron chi connectivity index (χ1n) is 6.18. The van der Waals surface area contributed by atoms with E-state index in [-0.39, 0.29) is 17.4 Å². The molecule has 1 fully saturated rings. The minimum Gasteiger partial charge on any atom is -0.366 e. The third-order valence-corrected chi connectivity index (χ3v) is 3.54. The second kappa shape index (κ2) is 5.34. The SMILES string of the molecule is CC(=O)C1CCN(c2ccc(F)cc2[N+](=O)[O-])CC1. The zero-order valence-corrected chi connectivity index (χ0v) is 10.6. The molecule has 0 bridgehead atoms. The molecule has 0 atom stereocenters. The largest absolute Gasteiger partial charge is 0.366 e. The molecule has 1 aromatic rings. The molecule has 2 rings (SSSR count). The Morgan fingerprint density at radius 2 is 2.05 bits per heavy atom. The van der Waals surface area contributed by atoms with Crippen molar-refractivity contribution in [3.05, 3.63) is 34.1 Å². The van der Waals surface area contributed by atoms with E-state index in [9.17, 15) is 19.3 Å². The first-order valence-corrected chi connectivity index (χ1v) is 6.18. The van der Waals surface area contributed by atoms with Crippen molar-refractivity contribution >= 4 is 17.2 Å². The van der Waals surface area contributed by atoms with E-state index in [4.69, 9.17) is 0 Å². The summed E-state index contributed by atoms with van der Waals surface area (Å²) in [6.07, 6.45) is 1.37.